The van der Waals surface area contributed by atoms with Gasteiger partial charge < -0.3 is 0 Å². The number of hydrogen-bond acceptors (Lipinski definition) is 4. The standard InChI is InChI=1S/C13H15N3O/c17-11-14-13(9-5-2-6-10-13)16-15-12-7-3-1-4-8-12/h1,3-4,7-8H,2,5-6,9-10H2/b16-15+. The predicted octanol–water partition coefficient (Wildman–Crippen LogP) is 3.77. The predicted molar refractivity (Wildman–Crippen MR) is 64.9 cm³/mol. The molecule has 0 aliphatic heterocycles. The van der Waals surface area contributed by atoms with E-state index in [1.54, 1.807) is 6.08 Å². The third-order valence-corrected chi connectivity index (χ3v) is 3.02. The number of carbonyl (C=O) groups excluding carboxylic acids is 1. The molecular weight excluding hydrogens is 214 g/mol. The highest BCUT2D eigenvalue weighted by Gasteiger charge is 2.31. The zero-order valence-corrected chi connectivity index (χ0v) is 9.67. The minimum Gasteiger partial charge on any atom is -0.211 e. The Hall–Kier alpha value is -1.80. The summed E-state index contributed by atoms with van der Waals surface area (Å²) in [5, 5.41) is 8.44. The molecule has 1 aromatic rings. The Morgan fingerprint density at radius 2 is 1.76 bits per heavy atom. The third-order valence-electron chi connectivity index (χ3n) is 3.02. The van der Waals surface area contributed by atoms with E-state index in [4.69, 9.17) is 0 Å². The van der Waals surface area contributed by atoms with Crippen molar-refractivity contribution in [3.8, 4) is 0 Å². The Morgan fingerprint density at radius 3 is 2.41 bits per heavy atom. The van der Waals surface area contributed by atoms with E-state index in [-0.39, 0.29) is 0 Å². The van der Waals surface area contributed by atoms with Crippen LogP contribution in [0, 0.1) is 0 Å². The van der Waals surface area contributed by atoms with Gasteiger partial charge >= 0.3 is 0 Å². The Bertz CT molecular complexity index is 429. The molecular formula is C13H15N3O. The van der Waals surface area contributed by atoms with Gasteiger partial charge in [-0.2, -0.15) is 15.2 Å². The molecule has 0 unspecified atom stereocenters. The summed E-state index contributed by atoms with van der Waals surface area (Å²) >= 11 is 0. The zero-order valence-electron chi connectivity index (χ0n) is 9.67. The van der Waals surface area contributed by atoms with Crippen LogP contribution in [0.5, 0.6) is 0 Å². The summed E-state index contributed by atoms with van der Waals surface area (Å²) in [6.45, 7) is 0. The van der Waals surface area contributed by atoms with E-state index in [0.29, 0.717) is 0 Å². The van der Waals surface area contributed by atoms with Gasteiger partial charge in [0.05, 0.1) is 5.69 Å². The van der Waals surface area contributed by atoms with Crippen molar-refractivity contribution in [2.45, 2.75) is 37.8 Å². The number of azo groups is 1. The first-order valence-corrected chi connectivity index (χ1v) is 5.92. The lowest BCUT2D eigenvalue weighted by atomic mass is 9.90. The molecule has 2 rings (SSSR count). The number of isocyanates is 1. The smallest absolute Gasteiger partial charge is 0.211 e. The second-order valence-electron chi connectivity index (χ2n) is 4.28. The number of nitrogens with zero attached hydrogens (tertiary/aromatic N) is 3. The largest absolute Gasteiger partial charge is 0.237 e. The van der Waals surface area contributed by atoms with Crippen LogP contribution in [-0.4, -0.2) is 11.7 Å². The Balaban J connectivity index is 2.18. The Morgan fingerprint density at radius 1 is 1.06 bits per heavy atom. The topological polar surface area (TPSA) is 54.1 Å². The summed E-state index contributed by atoms with van der Waals surface area (Å²) < 4.78 is 0. The number of hydrogen-bond donors (Lipinski definition) is 0. The minimum atomic E-state index is -0.657. The van der Waals surface area contributed by atoms with E-state index in [1.165, 1.54) is 6.42 Å². The van der Waals surface area contributed by atoms with E-state index in [9.17, 15) is 4.79 Å². The average molecular weight is 229 g/mol. The average Bonchev–Trinajstić information content (AvgIpc) is 2.39. The maximum atomic E-state index is 10.5. The van der Waals surface area contributed by atoms with Gasteiger partial charge in [-0.1, -0.05) is 24.6 Å². The van der Waals surface area contributed by atoms with Gasteiger partial charge in [0.15, 0.2) is 5.66 Å². The molecule has 0 saturated heterocycles. The lowest BCUT2D eigenvalue weighted by Gasteiger charge is -2.26. The van der Waals surface area contributed by atoms with Crippen molar-refractivity contribution in [1.82, 2.24) is 0 Å². The summed E-state index contributed by atoms with van der Waals surface area (Å²) in [5.74, 6) is 0. The summed E-state index contributed by atoms with van der Waals surface area (Å²) in [6, 6.07) is 9.50. The fourth-order valence-electron chi connectivity index (χ4n) is 2.08. The molecule has 1 saturated carbocycles. The molecule has 0 N–H and O–H groups in total. The van der Waals surface area contributed by atoms with E-state index < -0.39 is 5.66 Å². The van der Waals surface area contributed by atoms with Crippen LogP contribution in [0.2, 0.25) is 0 Å². The van der Waals surface area contributed by atoms with Crippen LogP contribution >= 0.6 is 0 Å². The van der Waals surface area contributed by atoms with Gasteiger partial charge in [0.1, 0.15) is 0 Å². The van der Waals surface area contributed by atoms with Crippen LogP contribution in [0.1, 0.15) is 32.1 Å². The Labute approximate surface area is 100 Å². The van der Waals surface area contributed by atoms with Gasteiger partial charge in [0.2, 0.25) is 6.08 Å². The first-order chi connectivity index (χ1) is 8.35. The van der Waals surface area contributed by atoms with Gasteiger partial charge in [-0.25, -0.2) is 4.79 Å². The summed E-state index contributed by atoms with van der Waals surface area (Å²) in [4.78, 5) is 14.4. The molecule has 1 fully saturated rings. The highest BCUT2D eigenvalue weighted by molar-refractivity contribution is 5.36. The summed E-state index contributed by atoms with van der Waals surface area (Å²) in [5.41, 5.74) is 0.133. The maximum absolute atomic E-state index is 10.5. The SMILES string of the molecule is O=C=NC1(/N=N/c2ccccc2)CCCCC1. The molecule has 88 valence electrons. The van der Waals surface area contributed by atoms with Gasteiger partial charge in [-0.3, -0.25) is 0 Å². The van der Waals surface area contributed by atoms with Crippen molar-refractivity contribution in [2.75, 3.05) is 0 Å². The number of benzene rings is 1. The van der Waals surface area contributed by atoms with Gasteiger partial charge in [0, 0.05) is 0 Å². The molecule has 0 spiro atoms. The molecule has 0 heterocycles. The van der Waals surface area contributed by atoms with Crippen LogP contribution in [0.15, 0.2) is 45.6 Å². The lowest BCUT2D eigenvalue weighted by molar-refractivity contribution is 0.298. The normalized spacial score (nSPS) is 18.8. The van der Waals surface area contributed by atoms with Crippen molar-refractivity contribution < 1.29 is 4.79 Å². The van der Waals surface area contributed by atoms with E-state index >= 15 is 0 Å². The monoisotopic (exact) mass is 229 g/mol. The lowest BCUT2D eigenvalue weighted by Crippen LogP contribution is -2.26. The van der Waals surface area contributed by atoms with Crippen molar-refractivity contribution in [1.29, 1.82) is 0 Å². The summed E-state index contributed by atoms with van der Waals surface area (Å²) in [6.07, 6.45) is 6.48. The van der Waals surface area contributed by atoms with Crippen LogP contribution in [0.4, 0.5) is 5.69 Å². The van der Waals surface area contributed by atoms with E-state index in [1.807, 2.05) is 30.3 Å². The molecule has 0 aromatic heterocycles. The zero-order chi connectivity index (χ0) is 12.0. The molecule has 1 aromatic carbocycles. The first kappa shape index (κ1) is 11.7. The molecule has 0 atom stereocenters. The Kier molecular flexibility index (Phi) is 3.78. The highest BCUT2D eigenvalue weighted by Crippen LogP contribution is 2.33. The van der Waals surface area contributed by atoms with Gasteiger partial charge in [0.25, 0.3) is 0 Å². The quantitative estimate of drug-likeness (QED) is 0.442. The highest BCUT2D eigenvalue weighted by atomic mass is 16.1. The van der Waals surface area contributed by atoms with E-state index in [2.05, 4.69) is 15.2 Å². The summed E-state index contributed by atoms with van der Waals surface area (Å²) in [7, 11) is 0. The van der Waals surface area contributed by atoms with Crippen molar-refractivity contribution in [3.05, 3.63) is 30.3 Å². The van der Waals surface area contributed by atoms with Crippen LogP contribution in [0.3, 0.4) is 0 Å². The molecule has 17 heavy (non-hydrogen) atoms. The molecule has 4 nitrogen and oxygen atoms in total. The van der Waals surface area contributed by atoms with Crippen molar-refractivity contribution >= 4 is 11.8 Å². The number of rotatable bonds is 3. The van der Waals surface area contributed by atoms with Crippen LogP contribution < -0.4 is 0 Å². The second kappa shape index (κ2) is 5.51. The van der Waals surface area contributed by atoms with Gasteiger partial charge in [-0.15, -0.1) is 0 Å². The first-order valence-electron chi connectivity index (χ1n) is 5.92. The van der Waals surface area contributed by atoms with Crippen molar-refractivity contribution in [2.24, 2.45) is 15.2 Å². The molecule has 4 heteroatoms. The molecule has 1 aliphatic rings. The second-order valence-corrected chi connectivity index (χ2v) is 4.28. The minimum absolute atomic E-state index is 0.657. The molecule has 0 bridgehead atoms. The third kappa shape index (κ3) is 3.08. The number of aliphatic imine (C=N–C) groups is 1. The fraction of sp³-hybridized carbons (Fsp3) is 0.462. The van der Waals surface area contributed by atoms with Crippen LogP contribution in [0.25, 0.3) is 0 Å². The van der Waals surface area contributed by atoms with Gasteiger partial charge in [-0.05, 0) is 37.8 Å². The molecule has 0 radical (unpaired) electrons. The van der Waals surface area contributed by atoms with Crippen LogP contribution in [-0.2, 0) is 4.79 Å². The fourth-order valence-corrected chi connectivity index (χ4v) is 2.08. The maximum Gasteiger partial charge on any atom is 0.237 e. The van der Waals surface area contributed by atoms with E-state index in [0.717, 1.165) is 31.4 Å². The van der Waals surface area contributed by atoms with Crippen molar-refractivity contribution in [3.63, 3.8) is 0 Å². The molecule has 0 amide bonds. The molecule has 1 aliphatic carbocycles.